The zero-order chi connectivity index (χ0) is 13.3. The van der Waals surface area contributed by atoms with Gasteiger partial charge in [0.15, 0.2) is 0 Å². The van der Waals surface area contributed by atoms with E-state index in [1.54, 1.807) is 18.2 Å². The maximum absolute atomic E-state index is 12.3. The smallest absolute Gasteiger partial charge is 0.326 e. The van der Waals surface area contributed by atoms with Crippen LogP contribution in [0.1, 0.15) is 23.2 Å². The number of nitrogens with zero attached hydrogens (tertiary/aromatic N) is 1. The van der Waals surface area contributed by atoms with Crippen LogP contribution in [0.25, 0.3) is 0 Å². The lowest BCUT2D eigenvalue weighted by Gasteiger charge is -2.22. The summed E-state index contributed by atoms with van der Waals surface area (Å²) >= 11 is 6.64. The number of aliphatic carboxylic acids is 1. The molecule has 1 aliphatic heterocycles. The van der Waals surface area contributed by atoms with Gasteiger partial charge in [0.2, 0.25) is 0 Å². The highest BCUT2D eigenvalue weighted by Gasteiger charge is 2.34. The second-order valence-electron chi connectivity index (χ2n) is 4.12. The quantitative estimate of drug-likeness (QED) is 0.863. The van der Waals surface area contributed by atoms with Crippen LogP contribution in [-0.2, 0) is 4.79 Å². The molecule has 1 unspecified atom stereocenters. The summed E-state index contributed by atoms with van der Waals surface area (Å²) in [6, 6.07) is 4.53. The molecule has 4 nitrogen and oxygen atoms in total. The number of carboxylic acid groups (broad SMARTS) is 1. The second kappa shape index (κ2) is 5.40. The summed E-state index contributed by atoms with van der Waals surface area (Å²) in [7, 11) is 0. The molecule has 1 N–H and O–H groups in total. The molecular formula is C12H11Br2NO3. The number of likely N-dealkylation sites (tertiary alicyclic amines) is 1. The number of rotatable bonds is 2. The molecule has 2 rings (SSSR count). The summed E-state index contributed by atoms with van der Waals surface area (Å²) in [6.07, 6.45) is 1.26. The molecule has 1 aliphatic rings. The number of hydrogen-bond donors (Lipinski definition) is 1. The first-order valence-electron chi connectivity index (χ1n) is 5.49. The van der Waals surface area contributed by atoms with Gasteiger partial charge >= 0.3 is 5.97 Å². The Bertz CT molecular complexity index is 504. The fourth-order valence-corrected chi connectivity index (χ4v) is 3.30. The highest BCUT2D eigenvalue weighted by molar-refractivity contribution is 9.11. The summed E-state index contributed by atoms with van der Waals surface area (Å²) in [5, 5.41) is 9.08. The first-order valence-corrected chi connectivity index (χ1v) is 7.08. The van der Waals surface area contributed by atoms with Crippen molar-refractivity contribution in [2.24, 2.45) is 0 Å². The molecule has 1 heterocycles. The van der Waals surface area contributed by atoms with Crippen molar-refractivity contribution in [3.05, 3.63) is 32.7 Å². The first-order chi connectivity index (χ1) is 8.50. The van der Waals surface area contributed by atoms with Crippen LogP contribution in [0.15, 0.2) is 27.1 Å². The van der Waals surface area contributed by atoms with E-state index >= 15 is 0 Å². The van der Waals surface area contributed by atoms with Gasteiger partial charge < -0.3 is 10.0 Å². The number of carbonyl (C=O) groups excluding carboxylic acids is 1. The lowest BCUT2D eigenvalue weighted by Crippen LogP contribution is -2.40. The molecule has 0 bridgehead atoms. The Hall–Kier alpha value is -0.880. The van der Waals surface area contributed by atoms with E-state index in [9.17, 15) is 9.59 Å². The molecule has 1 atom stereocenters. The first kappa shape index (κ1) is 13.5. The Morgan fingerprint density at radius 2 is 2.06 bits per heavy atom. The Balaban J connectivity index is 2.28. The molecule has 1 aromatic rings. The molecule has 96 valence electrons. The van der Waals surface area contributed by atoms with Crippen LogP contribution in [0, 0.1) is 0 Å². The predicted octanol–water partition coefficient (Wildman–Crippen LogP) is 2.90. The predicted molar refractivity (Wildman–Crippen MR) is 73.5 cm³/mol. The molecule has 1 saturated heterocycles. The molecule has 1 amide bonds. The maximum atomic E-state index is 12.3. The number of benzene rings is 1. The van der Waals surface area contributed by atoms with Gasteiger partial charge in [0, 0.05) is 15.5 Å². The van der Waals surface area contributed by atoms with Crippen molar-refractivity contribution >= 4 is 43.7 Å². The largest absolute Gasteiger partial charge is 0.480 e. The zero-order valence-corrected chi connectivity index (χ0v) is 12.6. The van der Waals surface area contributed by atoms with Gasteiger partial charge in [0.1, 0.15) is 6.04 Å². The average molecular weight is 377 g/mol. The van der Waals surface area contributed by atoms with E-state index in [4.69, 9.17) is 5.11 Å². The fraction of sp³-hybridized carbons (Fsp3) is 0.333. The molecule has 0 aliphatic carbocycles. The minimum absolute atomic E-state index is 0.237. The van der Waals surface area contributed by atoms with Crippen molar-refractivity contribution in [3.63, 3.8) is 0 Å². The van der Waals surface area contributed by atoms with Crippen LogP contribution in [0.3, 0.4) is 0 Å². The third-order valence-corrected chi connectivity index (χ3v) is 4.11. The summed E-state index contributed by atoms with van der Waals surface area (Å²) < 4.78 is 1.53. The van der Waals surface area contributed by atoms with Crippen molar-refractivity contribution in [2.75, 3.05) is 6.54 Å². The molecule has 1 fully saturated rings. The average Bonchev–Trinajstić information content (AvgIpc) is 2.77. The number of carbonyl (C=O) groups is 2. The summed E-state index contributed by atoms with van der Waals surface area (Å²) in [4.78, 5) is 24.8. The van der Waals surface area contributed by atoms with E-state index in [1.807, 2.05) is 0 Å². The molecule has 0 radical (unpaired) electrons. The summed E-state index contributed by atoms with van der Waals surface area (Å²) in [6.45, 7) is 0.498. The lowest BCUT2D eigenvalue weighted by atomic mass is 10.1. The highest BCUT2D eigenvalue weighted by Crippen LogP contribution is 2.26. The van der Waals surface area contributed by atoms with Gasteiger partial charge in [-0.25, -0.2) is 4.79 Å². The van der Waals surface area contributed by atoms with Gasteiger partial charge in [-0.3, -0.25) is 4.79 Å². The van der Waals surface area contributed by atoms with Gasteiger partial charge in [0.25, 0.3) is 5.91 Å². The molecule has 1 aromatic carbocycles. The van der Waals surface area contributed by atoms with E-state index in [0.717, 1.165) is 10.9 Å². The number of halogens is 2. The van der Waals surface area contributed by atoms with Crippen molar-refractivity contribution in [2.45, 2.75) is 18.9 Å². The van der Waals surface area contributed by atoms with Gasteiger partial charge in [0.05, 0.1) is 5.56 Å². The van der Waals surface area contributed by atoms with Crippen molar-refractivity contribution in [3.8, 4) is 0 Å². The van der Waals surface area contributed by atoms with Crippen molar-refractivity contribution in [1.29, 1.82) is 0 Å². The van der Waals surface area contributed by atoms with Crippen LogP contribution in [-0.4, -0.2) is 34.5 Å². The Kier molecular flexibility index (Phi) is 4.07. The molecule has 0 aromatic heterocycles. The van der Waals surface area contributed by atoms with Crippen LogP contribution in [0.4, 0.5) is 0 Å². The van der Waals surface area contributed by atoms with E-state index in [1.165, 1.54) is 4.90 Å². The molecule has 0 saturated carbocycles. The van der Waals surface area contributed by atoms with Crippen LogP contribution >= 0.6 is 31.9 Å². The number of carboxylic acids is 1. The van der Waals surface area contributed by atoms with E-state index in [0.29, 0.717) is 23.0 Å². The standard InChI is InChI=1S/C12H11Br2NO3/c13-7-3-4-8(9(14)6-7)11(16)15-5-1-2-10(15)12(17)18/h3-4,6,10H,1-2,5H2,(H,17,18). The third-order valence-electron chi connectivity index (χ3n) is 2.96. The topological polar surface area (TPSA) is 57.6 Å². The Morgan fingerprint density at radius 3 is 2.67 bits per heavy atom. The van der Waals surface area contributed by atoms with Gasteiger partial charge in [-0.05, 0) is 47.0 Å². The summed E-state index contributed by atoms with van der Waals surface area (Å²) in [5.74, 6) is -1.17. The summed E-state index contributed by atoms with van der Waals surface area (Å²) in [5.41, 5.74) is 0.492. The van der Waals surface area contributed by atoms with E-state index in [2.05, 4.69) is 31.9 Å². The SMILES string of the molecule is O=C(O)C1CCCN1C(=O)c1ccc(Br)cc1Br. The second-order valence-corrected chi connectivity index (χ2v) is 5.89. The number of hydrogen-bond acceptors (Lipinski definition) is 2. The van der Waals surface area contributed by atoms with Gasteiger partial charge in [-0.15, -0.1) is 0 Å². The zero-order valence-electron chi connectivity index (χ0n) is 9.40. The van der Waals surface area contributed by atoms with Crippen LogP contribution < -0.4 is 0 Å². The maximum Gasteiger partial charge on any atom is 0.326 e. The monoisotopic (exact) mass is 375 g/mol. The highest BCUT2D eigenvalue weighted by atomic mass is 79.9. The fourth-order valence-electron chi connectivity index (χ4n) is 2.08. The molecule has 0 spiro atoms. The van der Waals surface area contributed by atoms with Crippen LogP contribution in [0.2, 0.25) is 0 Å². The third kappa shape index (κ3) is 2.59. The van der Waals surface area contributed by atoms with Crippen LogP contribution in [0.5, 0.6) is 0 Å². The van der Waals surface area contributed by atoms with Gasteiger partial charge in [-0.1, -0.05) is 15.9 Å². The molecular weight excluding hydrogens is 366 g/mol. The number of amides is 1. The Morgan fingerprint density at radius 1 is 1.33 bits per heavy atom. The van der Waals surface area contributed by atoms with Gasteiger partial charge in [-0.2, -0.15) is 0 Å². The minimum Gasteiger partial charge on any atom is -0.480 e. The van der Waals surface area contributed by atoms with Crippen molar-refractivity contribution < 1.29 is 14.7 Å². The molecule has 6 heteroatoms. The van der Waals surface area contributed by atoms with E-state index in [-0.39, 0.29) is 5.91 Å². The molecule has 18 heavy (non-hydrogen) atoms. The minimum atomic E-state index is -0.936. The lowest BCUT2D eigenvalue weighted by molar-refractivity contribution is -0.141. The van der Waals surface area contributed by atoms with Crippen molar-refractivity contribution in [1.82, 2.24) is 4.90 Å². The normalized spacial score (nSPS) is 19.0. The van der Waals surface area contributed by atoms with E-state index < -0.39 is 12.0 Å². The Labute approximate surface area is 121 Å².